The summed E-state index contributed by atoms with van der Waals surface area (Å²) in [4.78, 5) is 21.0. The van der Waals surface area contributed by atoms with Crippen LogP contribution in [0.15, 0.2) is 24.7 Å². The third-order valence-electron chi connectivity index (χ3n) is 3.38. The van der Waals surface area contributed by atoms with E-state index >= 15 is 0 Å². The molecule has 3 aromatic rings. The molecule has 0 aliphatic rings. The molecule has 0 aliphatic carbocycles. The number of nitrogens with zero attached hydrogens (tertiary/aromatic N) is 6. The van der Waals surface area contributed by atoms with Crippen molar-refractivity contribution in [2.24, 2.45) is 0 Å². The predicted octanol–water partition coefficient (Wildman–Crippen LogP) is 1.95. The molecule has 0 N–H and O–H groups in total. The summed E-state index contributed by atoms with van der Waals surface area (Å²) in [6, 6.07) is 1.91. The molecule has 0 saturated carbocycles. The number of ether oxygens (including phenoxy) is 1. The largest absolute Gasteiger partial charge is 0.462 e. The molecule has 0 saturated heterocycles. The van der Waals surface area contributed by atoms with Crippen molar-refractivity contribution >= 4 is 5.97 Å². The van der Waals surface area contributed by atoms with Crippen molar-refractivity contribution in [2.75, 3.05) is 6.61 Å². The van der Waals surface area contributed by atoms with Gasteiger partial charge < -0.3 is 4.74 Å². The van der Waals surface area contributed by atoms with E-state index < -0.39 is 5.97 Å². The zero-order chi connectivity index (χ0) is 17.3. The van der Waals surface area contributed by atoms with Crippen LogP contribution < -0.4 is 0 Å². The zero-order valence-corrected chi connectivity index (χ0v) is 14.0. The molecule has 0 amide bonds. The molecule has 3 rings (SSSR count). The number of esters is 1. The Morgan fingerprint density at radius 1 is 1.25 bits per heavy atom. The summed E-state index contributed by atoms with van der Waals surface area (Å²) in [5.41, 5.74) is 2.94. The number of aromatic nitrogens is 6. The van der Waals surface area contributed by atoms with Gasteiger partial charge in [-0.3, -0.25) is 0 Å². The average molecular weight is 326 g/mol. The first-order valence-corrected chi connectivity index (χ1v) is 7.59. The highest BCUT2D eigenvalue weighted by molar-refractivity contribution is 5.92. The van der Waals surface area contributed by atoms with E-state index in [2.05, 4.69) is 20.2 Å². The van der Waals surface area contributed by atoms with Crippen LogP contribution in [0.5, 0.6) is 0 Å². The molecule has 3 aromatic heterocycles. The third kappa shape index (κ3) is 2.90. The van der Waals surface area contributed by atoms with Gasteiger partial charge in [-0.15, -0.1) is 0 Å². The SMILES string of the molecule is CCOC(=O)c1cnc(-n2cc(C)cn2)nc1-n1nc(C)cc1C. The van der Waals surface area contributed by atoms with Gasteiger partial charge in [-0.05, 0) is 39.3 Å². The molecule has 0 atom stereocenters. The van der Waals surface area contributed by atoms with E-state index in [0.29, 0.717) is 11.8 Å². The van der Waals surface area contributed by atoms with Crippen molar-refractivity contribution in [1.82, 2.24) is 29.5 Å². The number of rotatable bonds is 4. The lowest BCUT2D eigenvalue weighted by Gasteiger charge is -2.10. The summed E-state index contributed by atoms with van der Waals surface area (Å²) in [7, 11) is 0. The van der Waals surface area contributed by atoms with Gasteiger partial charge in [-0.25, -0.2) is 19.1 Å². The third-order valence-corrected chi connectivity index (χ3v) is 3.38. The number of hydrogen-bond acceptors (Lipinski definition) is 6. The topological polar surface area (TPSA) is 87.7 Å². The first-order valence-electron chi connectivity index (χ1n) is 7.59. The minimum Gasteiger partial charge on any atom is -0.462 e. The highest BCUT2D eigenvalue weighted by Gasteiger charge is 2.20. The molecule has 124 valence electrons. The summed E-state index contributed by atoms with van der Waals surface area (Å²) in [6.45, 7) is 7.73. The maximum atomic E-state index is 12.2. The summed E-state index contributed by atoms with van der Waals surface area (Å²) in [5.74, 6) is 0.249. The molecule has 0 spiro atoms. The Kier molecular flexibility index (Phi) is 4.11. The van der Waals surface area contributed by atoms with Crippen LogP contribution >= 0.6 is 0 Å². The van der Waals surface area contributed by atoms with Crippen molar-refractivity contribution in [3.63, 3.8) is 0 Å². The second-order valence-corrected chi connectivity index (χ2v) is 5.43. The Balaban J connectivity index is 2.17. The van der Waals surface area contributed by atoms with Gasteiger partial charge in [0.25, 0.3) is 5.95 Å². The Morgan fingerprint density at radius 3 is 2.62 bits per heavy atom. The van der Waals surface area contributed by atoms with Crippen LogP contribution in [0.1, 0.15) is 34.2 Å². The molecular formula is C16H18N6O2. The predicted molar refractivity (Wildman–Crippen MR) is 86.4 cm³/mol. The average Bonchev–Trinajstić information content (AvgIpc) is 3.12. The van der Waals surface area contributed by atoms with Crippen LogP contribution in [0.3, 0.4) is 0 Å². The van der Waals surface area contributed by atoms with Crippen molar-refractivity contribution in [3.05, 3.63) is 47.2 Å². The number of hydrogen-bond donors (Lipinski definition) is 0. The van der Waals surface area contributed by atoms with E-state index in [4.69, 9.17) is 4.74 Å². The number of carbonyl (C=O) groups is 1. The Hall–Kier alpha value is -3.03. The summed E-state index contributed by atoms with van der Waals surface area (Å²) in [6.07, 6.45) is 4.97. The standard InChI is InChI=1S/C16H18N6O2/c1-5-24-15(23)13-8-17-16(21-9-10(2)7-18-21)19-14(13)22-12(4)6-11(3)20-22/h6-9H,5H2,1-4H3. The van der Waals surface area contributed by atoms with Gasteiger partial charge in [-0.2, -0.15) is 15.2 Å². The fraction of sp³-hybridized carbons (Fsp3) is 0.312. The van der Waals surface area contributed by atoms with Gasteiger partial charge in [0.1, 0.15) is 5.56 Å². The summed E-state index contributed by atoms with van der Waals surface area (Å²) in [5, 5.41) is 8.62. The van der Waals surface area contributed by atoms with Crippen LogP contribution in [0.2, 0.25) is 0 Å². The molecule has 0 aromatic carbocycles. The van der Waals surface area contributed by atoms with Crippen LogP contribution in [-0.4, -0.2) is 42.1 Å². The molecule has 24 heavy (non-hydrogen) atoms. The van der Waals surface area contributed by atoms with E-state index in [-0.39, 0.29) is 12.2 Å². The van der Waals surface area contributed by atoms with Gasteiger partial charge in [0.05, 0.1) is 18.5 Å². The molecule has 3 heterocycles. The summed E-state index contributed by atoms with van der Waals surface area (Å²) < 4.78 is 8.27. The van der Waals surface area contributed by atoms with E-state index in [1.807, 2.05) is 33.0 Å². The first-order chi connectivity index (χ1) is 11.5. The Bertz CT molecular complexity index is 896. The monoisotopic (exact) mass is 326 g/mol. The van der Waals surface area contributed by atoms with Crippen LogP contribution in [0.4, 0.5) is 0 Å². The Morgan fingerprint density at radius 2 is 2.04 bits per heavy atom. The second kappa shape index (κ2) is 6.23. The van der Waals surface area contributed by atoms with Crippen molar-refractivity contribution in [2.45, 2.75) is 27.7 Å². The van der Waals surface area contributed by atoms with Crippen LogP contribution in [-0.2, 0) is 4.74 Å². The van der Waals surface area contributed by atoms with Gasteiger partial charge in [0.2, 0.25) is 0 Å². The maximum Gasteiger partial charge on any atom is 0.343 e. The second-order valence-electron chi connectivity index (χ2n) is 5.43. The Labute approximate surface area is 139 Å². The van der Waals surface area contributed by atoms with E-state index in [1.165, 1.54) is 6.20 Å². The first kappa shape index (κ1) is 15.9. The molecular weight excluding hydrogens is 308 g/mol. The molecule has 0 fully saturated rings. The van der Waals surface area contributed by atoms with Crippen LogP contribution in [0.25, 0.3) is 11.8 Å². The fourth-order valence-corrected chi connectivity index (χ4v) is 2.35. The van der Waals surface area contributed by atoms with Crippen LogP contribution in [0, 0.1) is 20.8 Å². The fourth-order valence-electron chi connectivity index (χ4n) is 2.35. The van der Waals surface area contributed by atoms with E-state index in [0.717, 1.165) is 17.0 Å². The van der Waals surface area contributed by atoms with Crippen molar-refractivity contribution in [3.8, 4) is 11.8 Å². The van der Waals surface area contributed by atoms with Crippen molar-refractivity contribution in [1.29, 1.82) is 0 Å². The maximum absolute atomic E-state index is 12.2. The molecule has 0 radical (unpaired) electrons. The summed E-state index contributed by atoms with van der Waals surface area (Å²) >= 11 is 0. The quantitative estimate of drug-likeness (QED) is 0.681. The van der Waals surface area contributed by atoms with Gasteiger partial charge in [0.15, 0.2) is 5.82 Å². The van der Waals surface area contributed by atoms with Gasteiger partial charge in [0, 0.05) is 18.1 Å². The van der Waals surface area contributed by atoms with E-state index in [1.54, 1.807) is 22.5 Å². The molecule has 0 bridgehead atoms. The van der Waals surface area contributed by atoms with Gasteiger partial charge >= 0.3 is 5.97 Å². The highest BCUT2D eigenvalue weighted by Crippen LogP contribution is 2.17. The minimum absolute atomic E-state index is 0.260. The van der Waals surface area contributed by atoms with E-state index in [9.17, 15) is 4.79 Å². The number of aryl methyl sites for hydroxylation is 3. The number of carbonyl (C=O) groups excluding carboxylic acids is 1. The smallest absolute Gasteiger partial charge is 0.343 e. The molecule has 8 heteroatoms. The van der Waals surface area contributed by atoms with Crippen molar-refractivity contribution < 1.29 is 9.53 Å². The normalized spacial score (nSPS) is 10.8. The molecule has 0 unspecified atom stereocenters. The lowest BCUT2D eigenvalue weighted by Crippen LogP contribution is -2.16. The zero-order valence-electron chi connectivity index (χ0n) is 14.0. The minimum atomic E-state index is -0.483. The molecule has 0 aliphatic heterocycles. The lowest BCUT2D eigenvalue weighted by atomic mass is 10.3. The molecule has 8 nitrogen and oxygen atoms in total. The lowest BCUT2D eigenvalue weighted by molar-refractivity contribution is 0.0525. The highest BCUT2D eigenvalue weighted by atomic mass is 16.5. The van der Waals surface area contributed by atoms with Gasteiger partial charge in [-0.1, -0.05) is 0 Å².